The minimum Gasteiger partial charge on any atom is -0.462 e. The first-order valence-corrected chi connectivity index (χ1v) is 47.7. The molecular weight excluding hydrogens is 1380 g/mol. The number of aliphatic hydroxyl groups is 1. The van der Waals surface area contributed by atoms with Gasteiger partial charge >= 0.3 is 39.5 Å². The lowest BCUT2D eigenvalue weighted by Crippen LogP contribution is -2.30. The van der Waals surface area contributed by atoms with E-state index in [9.17, 15) is 43.2 Å². The Labute approximate surface area is 651 Å². The van der Waals surface area contributed by atoms with Crippen molar-refractivity contribution in [2.45, 2.75) is 472 Å². The van der Waals surface area contributed by atoms with Crippen LogP contribution < -0.4 is 0 Å². The van der Waals surface area contributed by atoms with Crippen molar-refractivity contribution in [3.05, 3.63) is 0 Å². The molecule has 17 nitrogen and oxygen atoms in total. The molecule has 3 unspecified atom stereocenters. The zero-order chi connectivity index (χ0) is 78.1. The Balaban J connectivity index is 5.17. The van der Waals surface area contributed by atoms with Crippen molar-refractivity contribution in [1.82, 2.24) is 0 Å². The van der Waals surface area contributed by atoms with Crippen LogP contribution in [-0.4, -0.2) is 96.7 Å². The minimum atomic E-state index is -4.97. The van der Waals surface area contributed by atoms with Gasteiger partial charge in [0.15, 0.2) is 12.2 Å². The number of esters is 4. The van der Waals surface area contributed by atoms with Crippen LogP contribution in [0.25, 0.3) is 0 Å². The molecule has 0 aromatic rings. The molecule has 0 aliphatic carbocycles. The summed E-state index contributed by atoms with van der Waals surface area (Å²) >= 11 is 0. The zero-order valence-electron chi connectivity index (χ0n) is 70.1. The van der Waals surface area contributed by atoms with Gasteiger partial charge < -0.3 is 33.8 Å². The predicted octanol–water partition coefficient (Wildman–Crippen LogP) is 26.3. The van der Waals surface area contributed by atoms with Gasteiger partial charge in [-0.3, -0.25) is 37.3 Å². The van der Waals surface area contributed by atoms with Crippen LogP contribution in [0.1, 0.15) is 453 Å². The number of carbonyl (C=O) groups is 4. The number of unbranched alkanes of at least 4 members (excludes halogenated alkanes) is 50. The number of ether oxygens (including phenoxy) is 4. The summed E-state index contributed by atoms with van der Waals surface area (Å²) in [7, 11) is -9.93. The Hall–Kier alpha value is -1.94. The molecule has 0 saturated carbocycles. The van der Waals surface area contributed by atoms with Crippen LogP contribution in [0.5, 0.6) is 0 Å². The Morgan fingerprint density at radius 1 is 0.236 bits per heavy atom. The second-order valence-electron chi connectivity index (χ2n) is 33.2. The van der Waals surface area contributed by atoms with Crippen molar-refractivity contribution in [3.63, 3.8) is 0 Å². The van der Waals surface area contributed by atoms with E-state index >= 15 is 0 Å². The summed E-state index contributed by atoms with van der Waals surface area (Å²) in [6.07, 6.45) is 65.6. The van der Waals surface area contributed by atoms with E-state index in [1.165, 1.54) is 250 Å². The van der Waals surface area contributed by atoms with Gasteiger partial charge in [0, 0.05) is 25.7 Å². The highest BCUT2D eigenvalue weighted by Crippen LogP contribution is 2.45. The van der Waals surface area contributed by atoms with E-state index in [1.807, 2.05) is 0 Å². The molecule has 630 valence electrons. The summed E-state index contributed by atoms with van der Waals surface area (Å²) in [5.74, 6) is 0.990. The maximum absolute atomic E-state index is 13.1. The fourth-order valence-electron chi connectivity index (χ4n) is 13.5. The molecule has 0 radical (unpaired) electrons. The summed E-state index contributed by atoms with van der Waals surface area (Å²) in [6.45, 7) is 14.3. The third-order valence-corrected chi connectivity index (χ3v) is 22.2. The highest BCUT2D eigenvalue weighted by molar-refractivity contribution is 7.47. The number of phosphoric acid groups is 2. The maximum atomic E-state index is 13.1. The van der Waals surface area contributed by atoms with Gasteiger partial charge in [-0.1, -0.05) is 402 Å². The first-order chi connectivity index (χ1) is 51.1. The summed E-state index contributed by atoms with van der Waals surface area (Å²) in [4.78, 5) is 73.2. The van der Waals surface area contributed by atoms with Crippen LogP contribution in [0.2, 0.25) is 0 Å². The molecule has 19 heteroatoms. The van der Waals surface area contributed by atoms with Crippen molar-refractivity contribution >= 4 is 39.5 Å². The summed E-state index contributed by atoms with van der Waals surface area (Å²) in [5.41, 5.74) is 0. The minimum absolute atomic E-state index is 0.107. The van der Waals surface area contributed by atoms with E-state index in [2.05, 4.69) is 55.4 Å². The van der Waals surface area contributed by atoms with Gasteiger partial charge in [-0.2, -0.15) is 0 Å². The number of hydrogen-bond donors (Lipinski definition) is 3. The lowest BCUT2D eigenvalue weighted by Gasteiger charge is -2.21. The van der Waals surface area contributed by atoms with Gasteiger partial charge in [0.05, 0.1) is 26.4 Å². The van der Waals surface area contributed by atoms with Crippen molar-refractivity contribution < 1.29 is 80.2 Å². The molecule has 0 bridgehead atoms. The molecule has 0 amide bonds. The standard InChI is InChI=1S/C87H170O17P2/c1-77(2)63-55-47-39-33-27-21-17-13-9-11-15-19-23-30-36-42-51-59-67-84(89)97-73-82(103-86(91)70-62-54-44-38-32-26-25-29-35-41-49-57-65-79(5)6)75-101-105(93,94)99-71-81(88)72-100-106(95,96)102-76-83(74-98-85(90)68-60-52-46-45-50-58-66-80(7)8)104-87(92)69-61-53-43-37-31-24-20-16-12-10-14-18-22-28-34-40-48-56-64-78(3)4/h77-83,88H,9-76H2,1-8H3,(H,93,94)(H,95,96)/t81?,82-,83-/m1/s1. The van der Waals surface area contributed by atoms with Gasteiger partial charge in [-0.25, -0.2) is 9.13 Å². The van der Waals surface area contributed by atoms with Gasteiger partial charge in [0.25, 0.3) is 0 Å². The molecule has 0 heterocycles. The first-order valence-electron chi connectivity index (χ1n) is 44.7. The molecule has 0 aliphatic rings. The third kappa shape index (κ3) is 80.1. The third-order valence-electron chi connectivity index (χ3n) is 20.3. The lowest BCUT2D eigenvalue weighted by atomic mass is 10.0. The van der Waals surface area contributed by atoms with E-state index in [-0.39, 0.29) is 25.7 Å². The van der Waals surface area contributed by atoms with Crippen LogP contribution in [0.4, 0.5) is 0 Å². The number of carbonyl (C=O) groups excluding carboxylic acids is 4. The smallest absolute Gasteiger partial charge is 0.462 e. The molecule has 0 aromatic carbocycles. The molecule has 3 N–H and O–H groups in total. The summed E-state index contributed by atoms with van der Waals surface area (Å²) in [5, 5.41) is 10.7. The topological polar surface area (TPSA) is 237 Å². The van der Waals surface area contributed by atoms with Gasteiger partial charge in [-0.15, -0.1) is 0 Å². The SMILES string of the molecule is CC(C)CCCCCCCCCCCCCCCCCCCCC(=O)OC[C@H](COP(=O)(O)OCC(O)COP(=O)(O)OC[C@@H](COC(=O)CCCCCCCCC(C)C)OC(=O)CCCCCCCCCCCCCCCCCCCCC(C)C)OC(=O)CCCCCCCCCCCCCCC(C)C. The average Bonchev–Trinajstić information content (AvgIpc) is 0.918. The summed E-state index contributed by atoms with van der Waals surface area (Å²) in [6, 6.07) is 0. The van der Waals surface area contributed by atoms with Crippen molar-refractivity contribution in [2.75, 3.05) is 39.6 Å². The van der Waals surface area contributed by atoms with Crippen molar-refractivity contribution in [3.8, 4) is 0 Å². The molecule has 5 atom stereocenters. The van der Waals surface area contributed by atoms with Crippen LogP contribution in [0.15, 0.2) is 0 Å². The van der Waals surface area contributed by atoms with Crippen LogP contribution in [0, 0.1) is 23.7 Å². The van der Waals surface area contributed by atoms with Crippen LogP contribution in [-0.2, 0) is 65.4 Å². The highest BCUT2D eigenvalue weighted by atomic mass is 31.2. The van der Waals surface area contributed by atoms with Crippen LogP contribution in [0.3, 0.4) is 0 Å². The van der Waals surface area contributed by atoms with Gasteiger partial charge in [0.2, 0.25) is 0 Å². The quantitative estimate of drug-likeness (QED) is 0.0222. The van der Waals surface area contributed by atoms with Gasteiger partial charge in [0.1, 0.15) is 19.3 Å². The second kappa shape index (κ2) is 75.7. The maximum Gasteiger partial charge on any atom is 0.472 e. The molecule has 0 rings (SSSR count). The Bertz CT molecular complexity index is 2060. The fraction of sp³-hybridized carbons (Fsp3) is 0.954. The van der Waals surface area contributed by atoms with E-state index in [1.54, 1.807) is 0 Å². The van der Waals surface area contributed by atoms with E-state index < -0.39 is 97.5 Å². The van der Waals surface area contributed by atoms with Crippen LogP contribution >= 0.6 is 15.6 Å². The monoisotopic (exact) mass is 1550 g/mol. The largest absolute Gasteiger partial charge is 0.472 e. The average molecular weight is 1550 g/mol. The predicted molar refractivity (Wildman–Crippen MR) is 437 cm³/mol. The number of hydrogen-bond acceptors (Lipinski definition) is 15. The Morgan fingerprint density at radius 2 is 0.396 bits per heavy atom. The Morgan fingerprint density at radius 3 is 0.585 bits per heavy atom. The number of phosphoric ester groups is 2. The number of aliphatic hydroxyl groups excluding tert-OH is 1. The number of rotatable bonds is 84. The molecular formula is C87H170O17P2. The lowest BCUT2D eigenvalue weighted by molar-refractivity contribution is -0.161. The van der Waals surface area contributed by atoms with E-state index in [4.69, 9.17) is 37.0 Å². The molecule has 0 saturated heterocycles. The molecule has 106 heavy (non-hydrogen) atoms. The fourth-order valence-corrected chi connectivity index (χ4v) is 15.1. The highest BCUT2D eigenvalue weighted by Gasteiger charge is 2.31. The molecule has 0 spiro atoms. The van der Waals surface area contributed by atoms with Crippen molar-refractivity contribution in [1.29, 1.82) is 0 Å². The van der Waals surface area contributed by atoms with E-state index in [0.717, 1.165) is 114 Å². The van der Waals surface area contributed by atoms with Gasteiger partial charge in [-0.05, 0) is 49.4 Å². The first kappa shape index (κ1) is 104. The zero-order valence-corrected chi connectivity index (χ0v) is 71.9. The summed E-state index contributed by atoms with van der Waals surface area (Å²) < 4.78 is 68.9. The Kier molecular flexibility index (Phi) is 74.3. The molecule has 0 fully saturated rings. The molecule has 0 aliphatic heterocycles. The second-order valence-corrected chi connectivity index (χ2v) is 36.1. The molecule has 0 aromatic heterocycles. The normalized spacial score (nSPS) is 13.9. The van der Waals surface area contributed by atoms with Crippen molar-refractivity contribution in [2.24, 2.45) is 23.7 Å². The van der Waals surface area contributed by atoms with E-state index in [0.29, 0.717) is 31.6 Å².